The Bertz CT molecular complexity index is 271. The first-order chi connectivity index (χ1) is 5.26. The van der Waals surface area contributed by atoms with Gasteiger partial charge in [0.15, 0.2) is 0 Å². The molecule has 1 aromatic carbocycles. The molecule has 0 spiro atoms. The monoisotopic (exact) mass is 153 g/mol. The number of ether oxygens (including phenoxy) is 1. The second-order valence-electron chi connectivity index (χ2n) is 1.95. The van der Waals surface area contributed by atoms with Crippen LogP contribution in [0, 0.1) is 11.9 Å². The molecule has 0 aromatic heterocycles. The molecule has 0 unspecified atom stereocenters. The number of hydrogen-bond donors (Lipinski definition) is 0. The highest BCUT2D eigenvalue weighted by molar-refractivity contribution is 5.75. The molecule has 1 radical (unpaired) electrons. The highest BCUT2D eigenvalue weighted by atomic mass is 19.1. The molecule has 57 valence electrons. The second kappa shape index (κ2) is 3.14. The number of carbonyl (C=O) groups is 1. The minimum atomic E-state index is -0.591. The first-order valence-electron chi connectivity index (χ1n) is 2.98. The number of methoxy groups -OCH3 is 1. The summed E-state index contributed by atoms with van der Waals surface area (Å²) in [6.45, 7) is 0. The molecule has 0 saturated carbocycles. The van der Waals surface area contributed by atoms with Crippen molar-refractivity contribution in [1.82, 2.24) is 0 Å². The molecule has 0 fully saturated rings. The van der Waals surface area contributed by atoms with Crippen LogP contribution in [0.4, 0.5) is 4.39 Å². The molecule has 11 heavy (non-hydrogen) atoms. The molecule has 0 aliphatic heterocycles. The van der Waals surface area contributed by atoms with Gasteiger partial charge in [-0.15, -0.1) is 0 Å². The Balaban J connectivity index is 3.11. The summed E-state index contributed by atoms with van der Waals surface area (Å²) in [5, 5.41) is 0. The van der Waals surface area contributed by atoms with Gasteiger partial charge in [-0.05, 0) is 12.1 Å². The molecule has 0 heterocycles. The summed E-state index contributed by atoms with van der Waals surface area (Å²) in [6, 6.07) is 4.79. The molecular weight excluding hydrogens is 147 g/mol. The van der Waals surface area contributed by atoms with Crippen molar-refractivity contribution in [2.75, 3.05) is 7.11 Å². The number of aldehydes is 1. The van der Waals surface area contributed by atoms with E-state index in [1.54, 1.807) is 0 Å². The van der Waals surface area contributed by atoms with Gasteiger partial charge in [0.2, 0.25) is 0 Å². The fraction of sp³-hybridized carbons (Fsp3) is 0.125. The van der Waals surface area contributed by atoms with Crippen LogP contribution < -0.4 is 4.74 Å². The third-order valence-electron chi connectivity index (χ3n) is 1.19. The van der Waals surface area contributed by atoms with E-state index in [9.17, 15) is 9.18 Å². The number of halogens is 1. The molecule has 2 nitrogen and oxygen atoms in total. The lowest BCUT2D eigenvalue weighted by molar-refractivity contribution is 0.112. The molecule has 0 saturated heterocycles. The Hall–Kier alpha value is -1.38. The van der Waals surface area contributed by atoms with E-state index in [1.165, 1.54) is 13.2 Å². The molecule has 0 amide bonds. The van der Waals surface area contributed by atoms with Crippen LogP contribution >= 0.6 is 0 Å². The first-order valence-corrected chi connectivity index (χ1v) is 2.98. The van der Waals surface area contributed by atoms with Crippen LogP contribution in [-0.4, -0.2) is 13.4 Å². The molecule has 0 aliphatic carbocycles. The predicted molar refractivity (Wildman–Crippen MR) is 37.2 cm³/mol. The molecular formula is C8H6FO2. The largest absolute Gasteiger partial charge is 0.496 e. The Morgan fingerprint density at radius 3 is 2.91 bits per heavy atom. The van der Waals surface area contributed by atoms with Gasteiger partial charge in [-0.1, -0.05) is 0 Å². The highest BCUT2D eigenvalue weighted by Crippen LogP contribution is 2.13. The minimum absolute atomic E-state index is 0.229. The van der Waals surface area contributed by atoms with Gasteiger partial charge in [0.05, 0.1) is 13.2 Å². The van der Waals surface area contributed by atoms with Crippen molar-refractivity contribution in [3.63, 3.8) is 0 Å². The van der Waals surface area contributed by atoms with Gasteiger partial charge in [-0.3, -0.25) is 4.79 Å². The van der Waals surface area contributed by atoms with E-state index in [0.717, 1.165) is 6.07 Å². The maximum atomic E-state index is 12.5. The summed E-state index contributed by atoms with van der Waals surface area (Å²) < 4.78 is 17.2. The lowest BCUT2D eigenvalue weighted by atomic mass is 10.2. The van der Waals surface area contributed by atoms with Gasteiger partial charge >= 0.3 is 0 Å². The van der Waals surface area contributed by atoms with E-state index in [0.29, 0.717) is 6.29 Å². The summed E-state index contributed by atoms with van der Waals surface area (Å²) in [5.41, 5.74) is 0.248. The van der Waals surface area contributed by atoms with E-state index in [2.05, 4.69) is 10.8 Å². The average molecular weight is 153 g/mol. The van der Waals surface area contributed by atoms with E-state index < -0.39 is 5.82 Å². The Kier molecular flexibility index (Phi) is 2.21. The van der Waals surface area contributed by atoms with Crippen LogP contribution in [0.1, 0.15) is 10.4 Å². The van der Waals surface area contributed by atoms with Crippen LogP contribution in [-0.2, 0) is 0 Å². The Labute approximate surface area is 63.6 Å². The van der Waals surface area contributed by atoms with E-state index in [1.807, 2.05) is 0 Å². The van der Waals surface area contributed by atoms with Crippen LogP contribution in [0.25, 0.3) is 0 Å². The zero-order chi connectivity index (χ0) is 8.27. The fourth-order valence-corrected chi connectivity index (χ4v) is 0.707. The quantitative estimate of drug-likeness (QED) is 0.601. The highest BCUT2D eigenvalue weighted by Gasteiger charge is 1.99. The van der Waals surface area contributed by atoms with Gasteiger partial charge in [0.1, 0.15) is 17.9 Å². The fourth-order valence-electron chi connectivity index (χ4n) is 0.707. The zero-order valence-corrected chi connectivity index (χ0v) is 5.93. The number of benzene rings is 1. The molecule has 3 heteroatoms. The van der Waals surface area contributed by atoms with E-state index in [4.69, 9.17) is 0 Å². The van der Waals surface area contributed by atoms with Crippen molar-refractivity contribution in [2.45, 2.75) is 0 Å². The minimum Gasteiger partial charge on any atom is -0.496 e. The standard InChI is InChI=1S/C8H6FO2/c1-11-8-3-6(5-10)2-7(9)4-8/h2-3,5H,1H3. The molecule has 0 bridgehead atoms. The lowest BCUT2D eigenvalue weighted by Gasteiger charge is -1.98. The predicted octanol–water partition coefficient (Wildman–Crippen LogP) is 1.45. The number of carbonyl (C=O) groups excluding carboxylic acids is 1. The SMILES string of the molecule is COc1[c]c(F)cc(C=O)c1. The molecule has 0 aliphatic rings. The van der Waals surface area contributed by atoms with Gasteiger partial charge < -0.3 is 4.74 Å². The molecule has 0 atom stereocenters. The van der Waals surface area contributed by atoms with Gasteiger partial charge in [-0.25, -0.2) is 4.39 Å². The molecule has 1 aromatic rings. The lowest BCUT2D eigenvalue weighted by Crippen LogP contribution is -1.88. The normalized spacial score (nSPS) is 9.27. The van der Waals surface area contributed by atoms with Crippen molar-refractivity contribution in [3.8, 4) is 5.75 Å². The van der Waals surface area contributed by atoms with Gasteiger partial charge in [0, 0.05) is 5.56 Å². The number of hydrogen-bond acceptors (Lipinski definition) is 2. The van der Waals surface area contributed by atoms with E-state index in [-0.39, 0.29) is 11.3 Å². The third-order valence-corrected chi connectivity index (χ3v) is 1.19. The second-order valence-corrected chi connectivity index (χ2v) is 1.95. The van der Waals surface area contributed by atoms with Crippen molar-refractivity contribution in [2.24, 2.45) is 0 Å². The van der Waals surface area contributed by atoms with Crippen molar-refractivity contribution in [1.29, 1.82) is 0 Å². The maximum absolute atomic E-state index is 12.5. The number of rotatable bonds is 2. The van der Waals surface area contributed by atoms with Crippen molar-refractivity contribution >= 4 is 6.29 Å². The maximum Gasteiger partial charge on any atom is 0.150 e. The summed E-state index contributed by atoms with van der Waals surface area (Å²) in [4.78, 5) is 10.2. The van der Waals surface area contributed by atoms with Gasteiger partial charge in [-0.2, -0.15) is 0 Å². The Morgan fingerprint density at radius 1 is 1.64 bits per heavy atom. The molecule has 1 rings (SSSR count). The van der Waals surface area contributed by atoms with Crippen LogP contribution in [0.3, 0.4) is 0 Å². The van der Waals surface area contributed by atoms with Crippen LogP contribution in [0.2, 0.25) is 0 Å². The zero-order valence-electron chi connectivity index (χ0n) is 5.93. The summed E-state index contributed by atoms with van der Waals surface area (Å²) in [7, 11) is 1.39. The van der Waals surface area contributed by atoms with Crippen LogP contribution in [0.15, 0.2) is 12.1 Å². The summed E-state index contributed by atoms with van der Waals surface area (Å²) in [6.07, 6.45) is 0.555. The first kappa shape index (κ1) is 7.72. The third kappa shape index (κ3) is 1.77. The van der Waals surface area contributed by atoms with Crippen molar-refractivity contribution in [3.05, 3.63) is 29.6 Å². The summed E-state index contributed by atoms with van der Waals surface area (Å²) in [5.74, 6) is -0.362. The summed E-state index contributed by atoms with van der Waals surface area (Å²) >= 11 is 0. The van der Waals surface area contributed by atoms with Crippen LogP contribution in [0.5, 0.6) is 5.75 Å². The topological polar surface area (TPSA) is 26.3 Å². The Morgan fingerprint density at radius 2 is 2.36 bits per heavy atom. The molecule has 0 N–H and O–H groups in total. The van der Waals surface area contributed by atoms with Crippen molar-refractivity contribution < 1.29 is 13.9 Å². The van der Waals surface area contributed by atoms with Gasteiger partial charge in [0.25, 0.3) is 0 Å². The average Bonchev–Trinajstić information content (AvgIpc) is 2.03. The van der Waals surface area contributed by atoms with E-state index >= 15 is 0 Å². The smallest absolute Gasteiger partial charge is 0.150 e.